The molecule has 1 saturated heterocycles. The number of hydrogen-bond donors (Lipinski definition) is 0. The van der Waals surface area contributed by atoms with Gasteiger partial charge in [0, 0.05) is 24.6 Å². The highest BCUT2D eigenvalue weighted by Crippen LogP contribution is 2.28. The summed E-state index contributed by atoms with van der Waals surface area (Å²) in [6.45, 7) is 1.60. The van der Waals surface area contributed by atoms with E-state index in [0.717, 1.165) is 29.7 Å². The third kappa shape index (κ3) is 2.37. The van der Waals surface area contributed by atoms with Crippen LogP contribution in [0.5, 0.6) is 0 Å². The average molecular weight is 309 g/mol. The van der Waals surface area contributed by atoms with Crippen molar-refractivity contribution in [2.45, 2.75) is 12.3 Å². The van der Waals surface area contributed by atoms with E-state index in [1.54, 1.807) is 0 Å². The van der Waals surface area contributed by atoms with Crippen LogP contribution in [0.3, 0.4) is 0 Å². The van der Waals surface area contributed by atoms with Crippen LogP contribution >= 0.6 is 11.5 Å². The lowest BCUT2D eigenvalue weighted by atomic mass is 9.99. The maximum Gasteiger partial charge on any atom is 0.253 e. The van der Waals surface area contributed by atoms with E-state index in [2.05, 4.69) is 33.9 Å². The second-order valence-corrected chi connectivity index (χ2v) is 6.39. The Morgan fingerprint density at radius 3 is 2.91 bits per heavy atom. The minimum atomic E-state index is 0.0910. The summed E-state index contributed by atoms with van der Waals surface area (Å²) >= 11 is 1.35. The van der Waals surface area contributed by atoms with Gasteiger partial charge in [-0.05, 0) is 41.7 Å². The summed E-state index contributed by atoms with van der Waals surface area (Å²) in [6, 6.07) is 16.1. The predicted octanol–water partition coefficient (Wildman–Crippen LogP) is 3.32. The Morgan fingerprint density at radius 2 is 2.05 bits per heavy atom. The molecule has 4 rings (SSSR count). The zero-order valence-corrected chi connectivity index (χ0v) is 12.8. The van der Waals surface area contributed by atoms with Gasteiger partial charge in [0.15, 0.2) is 0 Å². The SMILES string of the molecule is O=C(c1ccc2snnc2c1)N1CC[C@@H](c2ccccc2)C1. The van der Waals surface area contributed by atoms with Crippen LogP contribution in [0.2, 0.25) is 0 Å². The summed E-state index contributed by atoms with van der Waals surface area (Å²) in [5, 5.41) is 4.05. The predicted molar refractivity (Wildman–Crippen MR) is 87.1 cm³/mol. The number of hydrogen-bond acceptors (Lipinski definition) is 4. The molecule has 2 aromatic carbocycles. The molecule has 0 radical (unpaired) electrons. The lowest BCUT2D eigenvalue weighted by Gasteiger charge is -2.16. The third-order valence-corrected chi connectivity index (χ3v) is 4.95. The molecule has 0 aliphatic carbocycles. The van der Waals surface area contributed by atoms with Gasteiger partial charge in [0.25, 0.3) is 5.91 Å². The minimum Gasteiger partial charge on any atom is -0.338 e. The van der Waals surface area contributed by atoms with Crippen molar-refractivity contribution in [2.24, 2.45) is 0 Å². The molecule has 1 aliphatic rings. The second-order valence-electron chi connectivity index (χ2n) is 5.60. The first-order valence-corrected chi connectivity index (χ1v) is 8.15. The molecule has 5 heteroatoms. The zero-order chi connectivity index (χ0) is 14.9. The van der Waals surface area contributed by atoms with Crippen LogP contribution < -0.4 is 0 Å². The summed E-state index contributed by atoms with van der Waals surface area (Å²) in [7, 11) is 0. The highest BCUT2D eigenvalue weighted by atomic mass is 32.1. The van der Waals surface area contributed by atoms with E-state index in [-0.39, 0.29) is 5.91 Å². The number of aromatic nitrogens is 2. The maximum absolute atomic E-state index is 12.7. The van der Waals surface area contributed by atoms with Gasteiger partial charge in [0.05, 0.1) is 4.70 Å². The fourth-order valence-electron chi connectivity index (χ4n) is 3.04. The summed E-state index contributed by atoms with van der Waals surface area (Å²) in [5.74, 6) is 0.531. The number of fused-ring (bicyclic) bond motifs is 1. The van der Waals surface area contributed by atoms with Crippen molar-refractivity contribution < 1.29 is 4.79 Å². The fourth-order valence-corrected chi connectivity index (χ4v) is 3.58. The van der Waals surface area contributed by atoms with Crippen LogP contribution in [-0.4, -0.2) is 33.5 Å². The number of carbonyl (C=O) groups excluding carboxylic acids is 1. The quantitative estimate of drug-likeness (QED) is 0.729. The average Bonchev–Trinajstić information content (AvgIpc) is 3.23. The zero-order valence-electron chi connectivity index (χ0n) is 12.0. The van der Waals surface area contributed by atoms with Crippen molar-refractivity contribution in [2.75, 3.05) is 13.1 Å². The Balaban J connectivity index is 1.54. The number of benzene rings is 2. The van der Waals surface area contributed by atoms with Gasteiger partial charge in [-0.2, -0.15) is 0 Å². The molecule has 0 spiro atoms. The van der Waals surface area contributed by atoms with Gasteiger partial charge in [0.1, 0.15) is 5.52 Å². The molecule has 4 nitrogen and oxygen atoms in total. The molecule has 2 heterocycles. The largest absolute Gasteiger partial charge is 0.338 e. The maximum atomic E-state index is 12.7. The van der Waals surface area contributed by atoms with E-state index in [9.17, 15) is 4.79 Å². The Kier molecular flexibility index (Phi) is 3.35. The molecule has 3 aromatic rings. The lowest BCUT2D eigenvalue weighted by molar-refractivity contribution is 0.0791. The molecular weight excluding hydrogens is 294 g/mol. The van der Waals surface area contributed by atoms with Gasteiger partial charge < -0.3 is 4.90 Å². The van der Waals surface area contributed by atoms with Gasteiger partial charge in [-0.3, -0.25) is 4.79 Å². The summed E-state index contributed by atoms with van der Waals surface area (Å²) in [6.07, 6.45) is 1.02. The van der Waals surface area contributed by atoms with E-state index >= 15 is 0 Å². The van der Waals surface area contributed by atoms with Crippen molar-refractivity contribution in [3.05, 3.63) is 59.7 Å². The van der Waals surface area contributed by atoms with Crippen LogP contribution in [0.25, 0.3) is 10.2 Å². The van der Waals surface area contributed by atoms with E-state index in [0.29, 0.717) is 11.5 Å². The first-order valence-electron chi connectivity index (χ1n) is 7.37. The molecule has 1 aliphatic heterocycles. The number of rotatable bonds is 2. The van der Waals surface area contributed by atoms with Gasteiger partial charge in [-0.15, -0.1) is 5.10 Å². The molecule has 1 aromatic heterocycles. The topological polar surface area (TPSA) is 46.1 Å². The summed E-state index contributed by atoms with van der Waals surface area (Å²) in [4.78, 5) is 14.6. The number of amides is 1. The normalized spacial score (nSPS) is 18.0. The van der Waals surface area contributed by atoms with Crippen molar-refractivity contribution in [1.29, 1.82) is 0 Å². The van der Waals surface area contributed by atoms with E-state index in [4.69, 9.17) is 0 Å². The molecule has 22 heavy (non-hydrogen) atoms. The molecule has 0 N–H and O–H groups in total. The Morgan fingerprint density at radius 1 is 1.18 bits per heavy atom. The van der Waals surface area contributed by atoms with Crippen LogP contribution in [0.4, 0.5) is 0 Å². The third-order valence-electron chi connectivity index (χ3n) is 4.24. The van der Waals surface area contributed by atoms with Crippen LogP contribution in [0.1, 0.15) is 28.3 Å². The summed E-state index contributed by atoms with van der Waals surface area (Å²) in [5.41, 5.74) is 2.82. The molecular formula is C17H15N3OS. The van der Waals surface area contributed by atoms with Gasteiger partial charge in [-0.25, -0.2) is 0 Å². The molecule has 0 bridgehead atoms. The number of carbonyl (C=O) groups is 1. The van der Waals surface area contributed by atoms with Crippen molar-refractivity contribution in [3.63, 3.8) is 0 Å². The highest BCUT2D eigenvalue weighted by Gasteiger charge is 2.28. The van der Waals surface area contributed by atoms with Gasteiger partial charge in [-0.1, -0.05) is 34.8 Å². The first kappa shape index (κ1) is 13.4. The lowest BCUT2D eigenvalue weighted by Crippen LogP contribution is -2.28. The van der Waals surface area contributed by atoms with Gasteiger partial charge in [0.2, 0.25) is 0 Å². The Hall–Kier alpha value is -2.27. The first-order chi connectivity index (χ1) is 10.8. The van der Waals surface area contributed by atoms with E-state index < -0.39 is 0 Å². The number of nitrogens with zero attached hydrogens (tertiary/aromatic N) is 3. The summed E-state index contributed by atoms with van der Waals surface area (Å²) < 4.78 is 4.93. The monoisotopic (exact) mass is 309 g/mol. The molecule has 0 saturated carbocycles. The Labute approximate surface area is 132 Å². The second kappa shape index (κ2) is 5.50. The molecule has 0 unspecified atom stereocenters. The molecule has 1 amide bonds. The molecule has 1 atom stereocenters. The van der Waals surface area contributed by atoms with Crippen molar-refractivity contribution in [3.8, 4) is 0 Å². The van der Waals surface area contributed by atoms with Crippen LogP contribution in [0.15, 0.2) is 48.5 Å². The molecule has 1 fully saturated rings. The highest BCUT2D eigenvalue weighted by molar-refractivity contribution is 7.12. The van der Waals surface area contributed by atoms with Gasteiger partial charge >= 0.3 is 0 Å². The van der Waals surface area contributed by atoms with Crippen LogP contribution in [0, 0.1) is 0 Å². The smallest absolute Gasteiger partial charge is 0.253 e. The van der Waals surface area contributed by atoms with Crippen molar-refractivity contribution >= 4 is 27.7 Å². The van der Waals surface area contributed by atoms with E-state index in [1.165, 1.54) is 17.1 Å². The standard InChI is InChI=1S/C17H15N3OS/c21-17(13-6-7-16-15(10-13)18-19-22-16)20-9-8-14(11-20)12-4-2-1-3-5-12/h1-7,10,14H,8-9,11H2/t14-/m1/s1. The Bertz CT molecular complexity index is 815. The fraction of sp³-hybridized carbons (Fsp3) is 0.235. The van der Waals surface area contributed by atoms with Crippen LogP contribution in [-0.2, 0) is 0 Å². The molecule has 110 valence electrons. The number of likely N-dealkylation sites (tertiary alicyclic amines) is 1. The minimum absolute atomic E-state index is 0.0910. The van der Waals surface area contributed by atoms with E-state index in [1.807, 2.05) is 29.2 Å². The van der Waals surface area contributed by atoms with Crippen molar-refractivity contribution in [1.82, 2.24) is 14.5 Å².